The average molecular weight is 268 g/mol. The van der Waals surface area contributed by atoms with E-state index in [1.165, 1.54) is 12.8 Å². The summed E-state index contributed by atoms with van der Waals surface area (Å²) in [6.45, 7) is 2.08. The molecule has 20 heavy (non-hydrogen) atoms. The van der Waals surface area contributed by atoms with E-state index in [1.807, 2.05) is 37.6 Å². The fraction of sp³-hybridized carbons (Fsp3) is 0.375. The number of hydrogen-bond acceptors (Lipinski definition) is 4. The van der Waals surface area contributed by atoms with Crippen molar-refractivity contribution >= 4 is 5.82 Å². The van der Waals surface area contributed by atoms with Crippen LogP contribution in [0.5, 0.6) is 0 Å². The smallest absolute Gasteiger partial charge is 0.147 e. The van der Waals surface area contributed by atoms with E-state index < -0.39 is 0 Å². The summed E-state index contributed by atoms with van der Waals surface area (Å²) in [5.41, 5.74) is 2.04. The lowest BCUT2D eigenvalue weighted by Gasteiger charge is -2.33. The number of anilines is 1. The van der Waals surface area contributed by atoms with Crippen molar-refractivity contribution in [1.82, 2.24) is 15.3 Å². The van der Waals surface area contributed by atoms with Crippen LogP contribution in [0.15, 0.2) is 42.7 Å². The summed E-state index contributed by atoms with van der Waals surface area (Å²) in [6.07, 6.45) is 6.20. The van der Waals surface area contributed by atoms with E-state index in [2.05, 4.69) is 32.3 Å². The van der Waals surface area contributed by atoms with Crippen molar-refractivity contribution in [2.45, 2.75) is 18.9 Å². The third-order valence-electron chi connectivity index (χ3n) is 3.86. The molecule has 1 aromatic carbocycles. The van der Waals surface area contributed by atoms with Crippen LogP contribution in [-0.2, 0) is 0 Å². The zero-order valence-corrected chi connectivity index (χ0v) is 11.8. The summed E-state index contributed by atoms with van der Waals surface area (Å²) >= 11 is 0. The first-order chi connectivity index (χ1) is 9.86. The van der Waals surface area contributed by atoms with Crippen LogP contribution < -0.4 is 10.2 Å². The van der Waals surface area contributed by atoms with E-state index >= 15 is 0 Å². The van der Waals surface area contributed by atoms with Gasteiger partial charge < -0.3 is 10.2 Å². The Morgan fingerprint density at radius 2 is 2.00 bits per heavy atom. The van der Waals surface area contributed by atoms with Crippen LogP contribution in [0.1, 0.15) is 12.8 Å². The van der Waals surface area contributed by atoms with Crippen LogP contribution >= 0.6 is 0 Å². The predicted octanol–water partition coefficient (Wildman–Crippen LogP) is 2.33. The molecule has 1 fully saturated rings. The molecule has 1 N–H and O–H groups in total. The molecule has 2 heterocycles. The number of nitrogens with one attached hydrogen (secondary N) is 1. The summed E-state index contributed by atoms with van der Waals surface area (Å²) in [5, 5.41) is 3.35. The Morgan fingerprint density at radius 3 is 2.70 bits per heavy atom. The van der Waals surface area contributed by atoms with E-state index in [9.17, 15) is 0 Å². The monoisotopic (exact) mass is 268 g/mol. The predicted molar refractivity (Wildman–Crippen MR) is 81.8 cm³/mol. The second-order valence-electron chi connectivity index (χ2n) is 5.20. The molecule has 4 heteroatoms. The summed E-state index contributed by atoms with van der Waals surface area (Å²) in [7, 11) is 2.03. The Labute approximate surface area is 119 Å². The highest BCUT2D eigenvalue weighted by molar-refractivity contribution is 5.58. The van der Waals surface area contributed by atoms with Gasteiger partial charge in [-0.3, -0.25) is 4.98 Å². The molecule has 1 aromatic heterocycles. The maximum Gasteiger partial charge on any atom is 0.147 e. The molecule has 1 aliphatic rings. The highest BCUT2D eigenvalue weighted by Crippen LogP contribution is 2.20. The maximum atomic E-state index is 4.58. The highest BCUT2D eigenvalue weighted by Gasteiger charge is 2.19. The van der Waals surface area contributed by atoms with Gasteiger partial charge in [0.15, 0.2) is 0 Å². The van der Waals surface area contributed by atoms with Gasteiger partial charge in [0.1, 0.15) is 5.82 Å². The molecule has 0 aliphatic carbocycles. The van der Waals surface area contributed by atoms with Crippen LogP contribution in [0.3, 0.4) is 0 Å². The number of hydrogen-bond donors (Lipinski definition) is 1. The van der Waals surface area contributed by atoms with Gasteiger partial charge in [0, 0.05) is 24.7 Å². The highest BCUT2D eigenvalue weighted by atomic mass is 15.2. The largest absolute Gasteiger partial charge is 0.354 e. The van der Waals surface area contributed by atoms with Gasteiger partial charge in [-0.05, 0) is 19.9 Å². The van der Waals surface area contributed by atoms with Gasteiger partial charge in [-0.2, -0.15) is 0 Å². The molecule has 1 unspecified atom stereocenters. The van der Waals surface area contributed by atoms with E-state index in [-0.39, 0.29) is 0 Å². The van der Waals surface area contributed by atoms with Gasteiger partial charge in [-0.1, -0.05) is 30.3 Å². The van der Waals surface area contributed by atoms with Gasteiger partial charge in [-0.25, -0.2) is 4.98 Å². The topological polar surface area (TPSA) is 41.0 Å². The van der Waals surface area contributed by atoms with Crippen molar-refractivity contribution in [2.75, 3.05) is 25.0 Å². The molecule has 0 bridgehead atoms. The summed E-state index contributed by atoms with van der Waals surface area (Å²) in [6, 6.07) is 10.7. The molecule has 1 aliphatic heterocycles. The number of likely N-dealkylation sites (N-methyl/N-ethyl adjacent to an activating group) is 1. The zero-order valence-electron chi connectivity index (χ0n) is 11.8. The maximum absolute atomic E-state index is 4.58. The minimum absolute atomic E-state index is 0.555. The van der Waals surface area contributed by atoms with Gasteiger partial charge in [0.05, 0.1) is 18.1 Å². The van der Waals surface area contributed by atoms with Crippen LogP contribution in [0.25, 0.3) is 11.3 Å². The van der Waals surface area contributed by atoms with Crippen molar-refractivity contribution < 1.29 is 0 Å². The van der Waals surface area contributed by atoms with E-state index in [4.69, 9.17) is 0 Å². The summed E-state index contributed by atoms with van der Waals surface area (Å²) in [5.74, 6) is 0.977. The Bertz CT molecular complexity index is 538. The van der Waals surface area contributed by atoms with Crippen molar-refractivity contribution in [3.05, 3.63) is 42.7 Å². The van der Waals surface area contributed by atoms with E-state index in [1.54, 1.807) is 0 Å². The molecule has 104 valence electrons. The fourth-order valence-electron chi connectivity index (χ4n) is 2.66. The van der Waals surface area contributed by atoms with Gasteiger partial charge in [-0.15, -0.1) is 0 Å². The fourth-order valence-corrected chi connectivity index (χ4v) is 2.66. The third kappa shape index (κ3) is 2.80. The Balaban J connectivity index is 1.76. The number of rotatable bonds is 3. The van der Waals surface area contributed by atoms with Gasteiger partial charge in [0.2, 0.25) is 0 Å². The molecule has 0 spiro atoms. The summed E-state index contributed by atoms with van der Waals surface area (Å²) in [4.78, 5) is 11.4. The van der Waals surface area contributed by atoms with Crippen molar-refractivity contribution in [1.29, 1.82) is 0 Å². The SMILES string of the molecule is CNC1CCCN(c2cnc(-c3ccccc3)cn2)C1. The molecule has 1 saturated heterocycles. The molecular formula is C16H20N4. The first-order valence-electron chi connectivity index (χ1n) is 7.16. The summed E-state index contributed by atoms with van der Waals surface area (Å²) < 4.78 is 0. The third-order valence-corrected chi connectivity index (χ3v) is 3.86. The molecule has 0 amide bonds. The number of piperidine rings is 1. The second-order valence-corrected chi connectivity index (χ2v) is 5.20. The lowest BCUT2D eigenvalue weighted by Crippen LogP contribution is -2.44. The molecule has 0 saturated carbocycles. The van der Waals surface area contributed by atoms with Gasteiger partial charge >= 0.3 is 0 Å². The van der Waals surface area contributed by atoms with E-state index in [0.29, 0.717) is 6.04 Å². The first kappa shape index (κ1) is 13.1. The minimum atomic E-state index is 0.555. The normalized spacial score (nSPS) is 19.1. The van der Waals surface area contributed by atoms with Crippen molar-refractivity contribution in [3.8, 4) is 11.3 Å². The molecular weight excluding hydrogens is 248 g/mol. The van der Waals surface area contributed by atoms with Crippen molar-refractivity contribution in [3.63, 3.8) is 0 Å². The number of aromatic nitrogens is 2. The molecule has 3 rings (SSSR count). The lowest BCUT2D eigenvalue weighted by molar-refractivity contribution is 0.447. The Kier molecular flexibility index (Phi) is 3.92. The first-order valence-corrected chi connectivity index (χ1v) is 7.16. The molecule has 2 aromatic rings. The Morgan fingerprint density at radius 1 is 1.15 bits per heavy atom. The second kappa shape index (κ2) is 6.01. The molecule has 4 nitrogen and oxygen atoms in total. The average Bonchev–Trinajstić information content (AvgIpc) is 2.56. The quantitative estimate of drug-likeness (QED) is 0.927. The Hall–Kier alpha value is -1.94. The van der Waals surface area contributed by atoms with Crippen LogP contribution in [-0.4, -0.2) is 36.1 Å². The number of benzene rings is 1. The van der Waals surface area contributed by atoms with Crippen LogP contribution in [0.4, 0.5) is 5.82 Å². The molecule has 0 radical (unpaired) electrons. The minimum Gasteiger partial charge on any atom is -0.354 e. The lowest BCUT2D eigenvalue weighted by atomic mass is 10.1. The number of nitrogens with zero attached hydrogens (tertiary/aromatic N) is 3. The van der Waals surface area contributed by atoms with Gasteiger partial charge in [0.25, 0.3) is 0 Å². The zero-order chi connectivity index (χ0) is 13.8. The van der Waals surface area contributed by atoms with E-state index in [0.717, 1.165) is 30.2 Å². The standard InChI is InChI=1S/C16H20N4/c1-17-14-8-5-9-20(12-14)16-11-18-15(10-19-16)13-6-3-2-4-7-13/h2-4,6-7,10-11,14,17H,5,8-9,12H2,1H3. The van der Waals surface area contributed by atoms with Crippen LogP contribution in [0, 0.1) is 0 Å². The molecule has 1 atom stereocenters. The van der Waals surface area contributed by atoms with Crippen molar-refractivity contribution in [2.24, 2.45) is 0 Å². The van der Waals surface area contributed by atoms with Crippen LogP contribution in [0.2, 0.25) is 0 Å².